The molecule has 1 unspecified atom stereocenters. The first kappa shape index (κ1) is 31.7. The summed E-state index contributed by atoms with van der Waals surface area (Å²) in [5, 5.41) is 12.0. The number of carboxylic acid groups (broad SMARTS) is 1. The van der Waals surface area contributed by atoms with Gasteiger partial charge in [0.15, 0.2) is 0 Å². The second kappa shape index (κ2) is 13.8. The normalized spacial score (nSPS) is 20.2. The van der Waals surface area contributed by atoms with Crippen LogP contribution >= 0.6 is 0 Å². The number of carbonyl (C=O) groups is 3. The molecule has 5 rings (SSSR count). The third-order valence-corrected chi connectivity index (χ3v) is 11.7. The van der Waals surface area contributed by atoms with E-state index in [0.29, 0.717) is 38.0 Å². The molecule has 2 aromatic carbocycles. The van der Waals surface area contributed by atoms with Crippen molar-refractivity contribution in [2.75, 3.05) is 29.6 Å². The molecule has 1 aliphatic carbocycles. The summed E-state index contributed by atoms with van der Waals surface area (Å²) < 4.78 is 50.4. The smallest absolute Gasteiger partial charge is 0.407 e. The lowest BCUT2D eigenvalue weighted by Gasteiger charge is -2.25. The highest BCUT2D eigenvalue weighted by Gasteiger charge is 2.32. The maximum atomic E-state index is 12.4. The number of nitrogens with one attached hydrogen (secondary N) is 1. The van der Waals surface area contributed by atoms with E-state index in [-0.39, 0.29) is 47.9 Å². The number of amides is 1. The van der Waals surface area contributed by atoms with Crippen molar-refractivity contribution >= 4 is 38.0 Å². The predicted molar refractivity (Wildman–Crippen MR) is 158 cm³/mol. The Morgan fingerprint density at radius 1 is 0.833 bits per heavy atom. The van der Waals surface area contributed by atoms with Crippen LogP contribution in [-0.4, -0.2) is 76.0 Å². The van der Waals surface area contributed by atoms with Crippen LogP contribution in [0.25, 0.3) is 11.1 Å². The van der Waals surface area contributed by atoms with Gasteiger partial charge in [0.25, 0.3) is 0 Å². The lowest BCUT2D eigenvalue weighted by Crippen LogP contribution is -2.43. The third-order valence-electron chi connectivity index (χ3n) is 8.28. The molecule has 0 radical (unpaired) electrons. The van der Waals surface area contributed by atoms with Gasteiger partial charge in [-0.15, -0.1) is 0 Å². The van der Waals surface area contributed by atoms with Gasteiger partial charge in [-0.3, -0.25) is 0 Å². The van der Waals surface area contributed by atoms with Crippen LogP contribution in [-0.2, 0) is 34.0 Å². The molecule has 2 saturated heterocycles. The van der Waals surface area contributed by atoms with E-state index in [1.807, 2.05) is 48.5 Å². The molecule has 0 aromatic heterocycles. The number of carbonyl (C=O) groups excluding carboxylic acids is 2. The van der Waals surface area contributed by atoms with Gasteiger partial charge >= 0.3 is 12.1 Å². The maximum absolute atomic E-state index is 12.4. The van der Waals surface area contributed by atoms with E-state index in [1.165, 1.54) is 0 Å². The summed E-state index contributed by atoms with van der Waals surface area (Å²) in [5.41, 5.74) is 4.38. The van der Waals surface area contributed by atoms with Crippen LogP contribution in [0.1, 0.15) is 55.6 Å². The SMILES string of the molecule is O=C(NC(CC1CCS(=O)(=O)CC1)C(=O)O)OCC1c2ccccc2-c2ccccc21.O=CCC1CCS(=O)(=O)CC1. The van der Waals surface area contributed by atoms with Gasteiger partial charge in [0.05, 0.1) is 23.0 Å². The summed E-state index contributed by atoms with van der Waals surface area (Å²) in [7, 11) is -5.77. The molecule has 2 aliphatic heterocycles. The molecule has 1 atom stereocenters. The zero-order valence-electron chi connectivity index (χ0n) is 23.3. The first-order valence-corrected chi connectivity index (χ1v) is 17.8. The molecule has 2 aromatic rings. The first-order chi connectivity index (χ1) is 20.0. The van der Waals surface area contributed by atoms with E-state index < -0.39 is 37.8 Å². The number of carboxylic acids is 1. The Hall–Kier alpha value is -3.25. The highest BCUT2D eigenvalue weighted by molar-refractivity contribution is 7.91. The summed E-state index contributed by atoms with van der Waals surface area (Å²) in [6, 6.07) is 14.8. The van der Waals surface area contributed by atoms with Crippen molar-refractivity contribution in [1.29, 1.82) is 0 Å². The minimum atomic E-state index is -3.02. The molecule has 0 bridgehead atoms. The van der Waals surface area contributed by atoms with Crippen LogP contribution in [0.2, 0.25) is 0 Å². The van der Waals surface area contributed by atoms with Crippen LogP contribution in [0.3, 0.4) is 0 Å². The van der Waals surface area contributed by atoms with Crippen molar-refractivity contribution in [1.82, 2.24) is 5.32 Å². The van der Waals surface area contributed by atoms with Crippen LogP contribution < -0.4 is 5.32 Å². The molecule has 0 spiro atoms. The van der Waals surface area contributed by atoms with Crippen LogP contribution in [0.5, 0.6) is 0 Å². The van der Waals surface area contributed by atoms with Crippen molar-refractivity contribution in [3.05, 3.63) is 59.7 Å². The van der Waals surface area contributed by atoms with E-state index in [2.05, 4.69) is 5.32 Å². The molecular weight excluding hydrogens is 582 g/mol. The van der Waals surface area contributed by atoms with Gasteiger partial charge in [-0.2, -0.15) is 0 Å². The van der Waals surface area contributed by atoms with Gasteiger partial charge in [0, 0.05) is 12.3 Å². The predicted octanol–water partition coefficient (Wildman–Crippen LogP) is 3.59. The fourth-order valence-electron chi connectivity index (χ4n) is 5.82. The molecule has 12 heteroatoms. The van der Waals surface area contributed by atoms with Crippen molar-refractivity contribution in [2.45, 2.75) is 50.5 Å². The second-order valence-corrected chi connectivity index (χ2v) is 15.8. The average Bonchev–Trinajstić information content (AvgIpc) is 3.28. The topological polar surface area (TPSA) is 161 Å². The lowest BCUT2D eigenvalue weighted by atomic mass is 9.94. The van der Waals surface area contributed by atoms with Gasteiger partial charge in [-0.05, 0) is 66.2 Å². The highest BCUT2D eigenvalue weighted by atomic mass is 32.2. The third kappa shape index (κ3) is 8.41. The highest BCUT2D eigenvalue weighted by Crippen LogP contribution is 2.44. The number of benzene rings is 2. The first-order valence-electron chi connectivity index (χ1n) is 14.2. The van der Waals surface area contributed by atoms with Crippen LogP contribution in [0, 0.1) is 11.8 Å². The molecule has 2 fully saturated rings. The Labute approximate surface area is 246 Å². The molecule has 2 N–H and O–H groups in total. The molecule has 0 saturated carbocycles. The number of hydrogen-bond donors (Lipinski definition) is 2. The molecule has 228 valence electrons. The van der Waals surface area contributed by atoms with Crippen molar-refractivity contribution < 1.29 is 41.1 Å². The number of rotatable bonds is 8. The fourth-order valence-corrected chi connectivity index (χ4v) is 9.00. The van der Waals surface area contributed by atoms with E-state index in [0.717, 1.165) is 28.5 Å². The molecule has 1 amide bonds. The minimum absolute atomic E-state index is 0.0569. The Morgan fingerprint density at radius 3 is 1.79 bits per heavy atom. The largest absolute Gasteiger partial charge is 0.480 e. The Morgan fingerprint density at radius 2 is 1.31 bits per heavy atom. The fraction of sp³-hybridized carbons (Fsp3) is 0.500. The summed E-state index contributed by atoms with van der Waals surface area (Å²) in [4.78, 5) is 34.1. The van der Waals surface area contributed by atoms with E-state index in [4.69, 9.17) is 4.74 Å². The monoisotopic (exact) mass is 619 g/mol. The minimum Gasteiger partial charge on any atom is -0.480 e. The summed E-state index contributed by atoms with van der Waals surface area (Å²) in [6.45, 7) is 0.105. The summed E-state index contributed by atoms with van der Waals surface area (Å²) >= 11 is 0. The zero-order valence-corrected chi connectivity index (χ0v) is 24.9. The van der Waals surface area contributed by atoms with Crippen LogP contribution in [0.15, 0.2) is 48.5 Å². The molecule has 42 heavy (non-hydrogen) atoms. The molecule has 10 nitrogen and oxygen atoms in total. The molecule has 3 aliphatic rings. The Bertz CT molecular complexity index is 1430. The number of ether oxygens (including phenoxy) is 1. The standard InChI is InChI=1S/C23H25NO6S.C7H12O3S/c25-22(26)21(13-15-9-11-31(28,29)12-10-15)24-23(27)30-14-20-18-7-3-1-5-16(18)17-6-2-4-8-19(17)20;8-4-1-7-2-5-11(9,10)6-3-7/h1-8,15,20-21H,9-14H2,(H,24,27)(H,25,26);4,7H,1-3,5-6H2. The van der Waals surface area contributed by atoms with Gasteiger partial charge in [-0.25, -0.2) is 26.4 Å². The lowest BCUT2D eigenvalue weighted by molar-refractivity contribution is -0.139. The maximum Gasteiger partial charge on any atom is 0.407 e. The zero-order chi connectivity index (χ0) is 30.3. The van der Waals surface area contributed by atoms with E-state index in [9.17, 15) is 36.3 Å². The van der Waals surface area contributed by atoms with E-state index in [1.54, 1.807) is 0 Å². The number of fused-ring (bicyclic) bond motifs is 3. The van der Waals surface area contributed by atoms with Crippen LogP contribution in [0.4, 0.5) is 4.79 Å². The second-order valence-electron chi connectivity index (χ2n) is 11.2. The molecule has 2 heterocycles. The average molecular weight is 620 g/mol. The summed E-state index contributed by atoms with van der Waals surface area (Å²) in [5.74, 6) is -0.331. The van der Waals surface area contributed by atoms with Gasteiger partial charge < -0.3 is 20.0 Å². The Balaban J connectivity index is 0.000000310. The van der Waals surface area contributed by atoms with Gasteiger partial charge in [-0.1, -0.05) is 48.5 Å². The number of aliphatic carboxylic acids is 1. The van der Waals surface area contributed by atoms with Crippen molar-refractivity contribution in [3.63, 3.8) is 0 Å². The quantitative estimate of drug-likeness (QED) is 0.421. The number of hydrogen-bond acceptors (Lipinski definition) is 8. The number of sulfone groups is 2. The van der Waals surface area contributed by atoms with Crippen molar-refractivity contribution in [2.24, 2.45) is 11.8 Å². The van der Waals surface area contributed by atoms with Gasteiger partial charge in [0.1, 0.15) is 38.6 Å². The van der Waals surface area contributed by atoms with Crippen molar-refractivity contribution in [3.8, 4) is 11.1 Å². The summed E-state index contributed by atoms with van der Waals surface area (Å²) in [6.07, 6.45) is 2.98. The van der Waals surface area contributed by atoms with E-state index >= 15 is 0 Å². The Kier molecular flexibility index (Phi) is 10.4. The number of aldehydes is 1. The molecular formula is C30H37NO9S2. The number of alkyl carbamates (subject to hydrolysis) is 1. The van der Waals surface area contributed by atoms with Gasteiger partial charge in [0.2, 0.25) is 0 Å².